The van der Waals surface area contributed by atoms with E-state index in [0.717, 1.165) is 38.5 Å². The third-order valence-corrected chi connectivity index (χ3v) is 6.10. The van der Waals surface area contributed by atoms with Crippen molar-refractivity contribution in [2.75, 3.05) is 19.6 Å². The molecule has 0 atom stereocenters. The van der Waals surface area contributed by atoms with Gasteiger partial charge in [-0.2, -0.15) is 0 Å². The summed E-state index contributed by atoms with van der Waals surface area (Å²) in [6, 6.07) is 0.844. The first-order chi connectivity index (χ1) is 9.81. The van der Waals surface area contributed by atoms with Gasteiger partial charge in [-0.25, -0.2) is 0 Å². The minimum absolute atomic E-state index is 0.111. The van der Waals surface area contributed by atoms with E-state index < -0.39 is 8.80 Å². The highest BCUT2D eigenvalue weighted by Crippen LogP contribution is 2.23. The van der Waals surface area contributed by atoms with Crippen LogP contribution in [0.2, 0.25) is 6.04 Å². The fraction of sp³-hybridized carbons (Fsp3) is 1.00. The average Bonchev–Trinajstić information content (AvgIpc) is 2.30. The maximum absolute atomic E-state index is 6.13. The molecule has 0 aliphatic carbocycles. The van der Waals surface area contributed by atoms with Crippen molar-refractivity contribution < 1.29 is 13.3 Å². The van der Waals surface area contributed by atoms with Crippen molar-refractivity contribution in [3.8, 4) is 0 Å². The van der Waals surface area contributed by atoms with Crippen LogP contribution in [0.3, 0.4) is 0 Å². The minimum atomic E-state index is -2.62. The molecule has 0 spiro atoms. The van der Waals surface area contributed by atoms with Crippen molar-refractivity contribution in [3.63, 3.8) is 0 Å². The highest BCUT2D eigenvalue weighted by molar-refractivity contribution is 6.60. The molecule has 0 bridgehead atoms. The van der Waals surface area contributed by atoms with Gasteiger partial charge in [0, 0.05) is 24.4 Å². The lowest BCUT2D eigenvalue weighted by molar-refractivity contribution is 0.00292. The van der Waals surface area contributed by atoms with Gasteiger partial charge in [0.15, 0.2) is 0 Å². The van der Waals surface area contributed by atoms with Crippen LogP contribution in [0.15, 0.2) is 0 Å². The van der Waals surface area contributed by atoms with Gasteiger partial charge in [0.25, 0.3) is 0 Å². The van der Waals surface area contributed by atoms with Crippen molar-refractivity contribution in [2.24, 2.45) is 5.73 Å². The second-order valence-electron chi connectivity index (χ2n) is 6.18. The van der Waals surface area contributed by atoms with Crippen LogP contribution in [-0.4, -0.2) is 46.8 Å². The summed E-state index contributed by atoms with van der Waals surface area (Å²) < 4.78 is 18.4. The Kier molecular flexibility index (Phi) is 11.6. The zero-order valence-corrected chi connectivity index (χ0v) is 15.8. The van der Waals surface area contributed by atoms with Gasteiger partial charge in [-0.05, 0) is 74.0 Å². The molecule has 0 rings (SSSR count). The summed E-state index contributed by atoms with van der Waals surface area (Å²) in [5.41, 5.74) is 5.48. The first kappa shape index (κ1) is 21.0. The molecule has 3 N–H and O–H groups in total. The second-order valence-corrected chi connectivity index (χ2v) is 8.75. The molecule has 0 amide bonds. The Hall–Kier alpha value is 0.0169. The molecule has 0 unspecified atom stereocenters. The van der Waals surface area contributed by atoms with Crippen molar-refractivity contribution >= 4 is 8.80 Å². The van der Waals surface area contributed by atoms with Gasteiger partial charge in [-0.1, -0.05) is 0 Å². The molecular formula is C15H36N2O3Si. The van der Waals surface area contributed by atoms with Crippen LogP contribution >= 0.6 is 0 Å². The number of hydrogen-bond donors (Lipinski definition) is 2. The topological polar surface area (TPSA) is 65.7 Å². The molecule has 0 heterocycles. The quantitative estimate of drug-likeness (QED) is 0.403. The maximum atomic E-state index is 6.13. The Morgan fingerprint density at radius 3 is 1.62 bits per heavy atom. The lowest BCUT2D eigenvalue weighted by Gasteiger charge is -2.34. The van der Waals surface area contributed by atoms with Crippen molar-refractivity contribution in [1.82, 2.24) is 5.32 Å². The Morgan fingerprint density at radius 1 is 0.810 bits per heavy atom. The molecule has 0 saturated carbocycles. The number of rotatable bonds is 13. The highest BCUT2D eigenvalue weighted by atomic mass is 28.4. The minimum Gasteiger partial charge on any atom is -0.371 e. The van der Waals surface area contributed by atoms with Crippen molar-refractivity contribution in [3.05, 3.63) is 0 Å². The van der Waals surface area contributed by atoms with E-state index in [1.165, 1.54) is 0 Å². The van der Waals surface area contributed by atoms with E-state index in [-0.39, 0.29) is 18.3 Å². The molecule has 0 fully saturated rings. The molecule has 0 aromatic rings. The van der Waals surface area contributed by atoms with Gasteiger partial charge in [-0.15, -0.1) is 0 Å². The summed E-state index contributed by atoms with van der Waals surface area (Å²) in [5.74, 6) is 0. The standard InChI is InChI=1S/C15H36N2O3Si/c1-13(2)18-21(19-14(3)4,20-15(5)6)12-8-11-17-10-7-9-16/h13-15,17H,7-12,16H2,1-6H3. The Balaban J connectivity index is 4.51. The van der Waals surface area contributed by atoms with Crippen LogP contribution in [0.4, 0.5) is 0 Å². The van der Waals surface area contributed by atoms with Crippen LogP contribution in [-0.2, 0) is 13.3 Å². The van der Waals surface area contributed by atoms with Gasteiger partial charge >= 0.3 is 8.80 Å². The summed E-state index contributed by atoms with van der Waals surface area (Å²) in [6.45, 7) is 14.9. The smallest absolute Gasteiger partial charge is 0.371 e. The van der Waals surface area contributed by atoms with E-state index in [1.807, 2.05) is 41.5 Å². The van der Waals surface area contributed by atoms with Gasteiger partial charge in [0.2, 0.25) is 0 Å². The largest absolute Gasteiger partial charge is 0.501 e. The summed E-state index contributed by atoms with van der Waals surface area (Å²) in [5, 5.41) is 3.39. The monoisotopic (exact) mass is 320 g/mol. The van der Waals surface area contributed by atoms with Crippen LogP contribution in [0.1, 0.15) is 54.4 Å². The van der Waals surface area contributed by atoms with Gasteiger partial charge < -0.3 is 24.3 Å². The van der Waals surface area contributed by atoms with Gasteiger partial charge in [-0.3, -0.25) is 0 Å². The molecule has 0 aliphatic rings. The zero-order valence-electron chi connectivity index (χ0n) is 14.8. The number of nitrogens with two attached hydrogens (primary N) is 1. The summed E-state index contributed by atoms with van der Waals surface area (Å²) >= 11 is 0. The van der Waals surface area contributed by atoms with E-state index in [1.54, 1.807) is 0 Å². The van der Waals surface area contributed by atoms with E-state index >= 15 is 0 Å². The summed E-state index contributed by atoms with van der Waals surface area (Å²) in [4.78, 5) is 0. The van der Waals surface area contributed by atoms with E-state index in [9.17, 15) is 0 Å². The van der Waals surface area contributed by atoms with Crippen LogP contribution in [0.25, 0.3) is 0 Å². The fourth-order valence-electron chi connectivity index (χ4n) is 2.12. The van der Waals surface area contributed by atoms with E-state index in [4.69, 9.17) is 19.0 Å². The lowest BCUT2D eigenvalue weighted by atomic mass is 10.4. The first-order valence-corrected chi connectivity index (χ1v) is 10.2. The predicted octanol–water partition coefficient (Wildman–Crippen LogP) is 2.53. The maximum Gasteiger partial charge on any atom is 0.501 e. The number of nitrogens with one attached hydrogen (secondary N) is 1. The molecule has 0 aliphatic heterocycles. The molecule has 128 valence electrons. The zero-order chi connectivity index (χ0) is 16.3. The molecule has 21 heavy (non-hydrogen) atoms. The Bertz CT molecular complexity index is 225. The van der Waals surface area contributed by atoms with Crippen molar-refractivity contribution in [1.29, 1.82) is 0 Å². The molecule has 0 radical (unpaired) electrons. The lowest BCUT2D eigenvalue weighted by Crippen LogP contribution is -2.50. The van der Waals surface area contributed by atoms with Crippen LogP contribution < -0.4 is 11.1 Å². The number of hydrogen-bond acceptors (Lipinski definition) is 5. The first-order valence-electron chi connectivity index (χ1n) is 8.25. The second kappa shape index (κ2) is 11.6. The molecule has 0 aromatic heterocycles. The molecule has 5 nitrogen and oxygen atoms in total. The summed E-state index contributed by atoms with van der Waals surface area (Å²) in [7, 11) is -2.62. The third kappa shape index (κ3) is 11.3. The molecular weight excluding hydrogens is 284 g/mol. The van der Waals surface area contributed by atoms with Crippen LogP contribution in [0.5, 0.6) is 0 Å². The fourth-order valence-corrected chi connectivity index (χ4v) is 5.40. The summed E-state index contributed by atoms with van der Waals surface area (Å²) in [6.07, 6.45) is 2.33. The van der Waals surface area contributed by atoms with Crippen LogP contribution in [0, 0.1) is 0 Å². The Labute approximate surface area is 132 Å². The molecule has 0 aromatic carbocycles. The van der Waals surface area contributed by atoms with E-state index in [0.29, 0.717) is 0 Å². The SMILES string of the molecule is CC(C)O[Si](CCCNCCCN)(OC(C)C)OC(C)C. The normalized spacial score (nSPS) is 12.9. The molecule has 6 heteroatoms. The predicted molar refractivity (Wildman–Crippen MR) is 90.4 cm³/mol. The van der Waals surface area contributed by atoms with Crippen molar-refractivity contribution in [2.45, 2.75) is 78.7 Å². The average molecular weight is 321 g/mol. The Morgan fingerprint density at radius 2 is 1.24 bits per heavy atom. The van der Waals surface area contributed by atoms with Gasteiger partial charge in [0.1, 0.15) is 0 Å². The third-order valence-electron chi connectivity index (χ3n) is 2.64. The highest BCUT2D eigenvalue weighted by Gasteiger charge is 2.43. The molecule has 0 saturated heterocycles. The van der Waals surface area contributed by atoms with Gasteiger partial charge in [0.05, 0.1) is 0 Å². The van der Waals surface area contributed by atoms with E-state index in [2.05, 4.69) is 5.32 Å².